The van der Waals surface area contributed by atoms with Crippen molar-refractivity contribution in [3.8, 4) is 0 Å². The van der Waals surface area contributed by atoms with Gasteiger partial charge in [0.05, 0.1) is 39.9 Å². The topological polar surface area (TPSA) is 105 Å². The molecule has 0 fully saturated rings. The summed E-state index contributed by atoms with van der Waals surface area (Å²) in [4.78, 5) is 23.1. The SMILES string of the molecule is CCCCCCCCCCCCCCCCCCCCCCCCCCC(O)C(COP(=O)(O)OCC[N+](C)(C)C)NC(=O)CCCCCCCCCCCC. The van der Waals surface area contributed by atoms with Crippen molar-refractivity contribution in [2.24, 2.45) is 0 Å². The van der Waals surface area contributed by atoms with Crippen LogP contribution in [0.15, 0.2) is 0 Å². The van der Waals surface area contributed by atoms with Crippen LogP contribution in [0.1, 0.15) is 245 Å². The molecule has 1 amide bonds. The van der Waals surface area contributed by atoms with Crippen LogP contribution in [0, 0.1) is 0 Å². The monoisotopic (exact) mass is 818 g/mol. The normalized spacial score (nSPS) is 14.2. The van der Waals surface area contributed by atoms with Gasteiger partial charge in [0, 0.05) is 6.42 Å². The van der Waals surface area contributed by atoms with E-state index >= 15 is 0 Å². The van der Waals surface area contributed by atoms with E-state index < -0.39 is 20.0 Å². The smallest absolute Gasteiger partial charge is 0.391 e. The number of carbonyl (C=O) groups excluding carboxylic acids is 1. The number of nitrogens with one attached hydrogen (secondary N) is 1. The number of hydrogen-bond acceptors (Lipinski definition) is 5. The van der Waals surface area contributed by atoms with Crippen molar-refractivity contribution < 1.29 is 32.9 Å². The summed E-state index contributed by atoms with van der Waals surface area (Å²) in [5.41, 5.74) is 0. The standard InChI is InChI=1S/C47H97N2O6P/c1-6-8-10-12-14-16-18-19-20-21-22-23-24-25-26-27-28-29-30-31-32-34-36-38-40-46(50)45(44-55-56(52,53)54-43-42-49(3,4)5)48-47(51)41-39-37-35-33-17-15-13-11-9-7-2/h45-46,50H,6-44H2,1-5H3,(H-,48,51,52,53)/p+1. The molecule has 0 aromatic rings. The maximum absolute atomic E-state index is 12.8. The predicted octanol–water partition coefficient (Wildman–Crippen LogP) is 13.8. The van der Waals surface area contributed by atoms with E-state index in [1.165, 1.54) is 180 Å². The van der Waals surface area contributed by atoms with E-state index in [9.17, 15) is 19.4 Å². The Balaban J connectivity index is 4.12. The lowest BCUT2D eigenvalue weighted by Crippen LogP contribution is -2.46. The highest BCUT2D eigenvalue weighted by Crippen LogP contribution is 2.43. The lowest BCUT2D eigenvalue weighted by Gasteiger charge is -2.26. The first-order chi connectivity index (χ1) is 27.0. The van der Waals surface area contributed by atoms with Crippen molar-refractivity contribution in [3.63, 3.8) is 0 Å². The number of hydrogen-bond donors (Lipinski definition) is 3. The van der Waals surface area contributed by atoms with E-state index in [0.29, 0.717) is 23.9 Å². The van der Waals surface area contributed by atoms with Gasteiger partial charge in [-0.25, -0.2) is 4.57 Å². The Morgan fingerprint density at radius 3 is 1.20 bits per heavy atom. The molecule has 0 aliphatic carbocycles. The molecule has 3 N–H and O–H groups in total. The molecule has 0 aromatic carbocycles. The molecule has 0 heterocycles. The minimum Gasteiger partial charge on any atom is -0.391 e. The molecule has 0 aliphatic heterocycles. The van der Waals surface area contributed by atoms with Gasteiger partial charge in [0.1, 0.15) is 13.2 Å². The van der Waals surface area contributed by atoms with Crippen molar-refractivity contribution in [2.75, 3.05) is 40.9 Å². The summed E-state index contributed by atoms with van der Waals surface area (Å²) in [5.74, 6) is -0.143. The van der Waals surface area contributed by atoms with Crippen LogP contribution in [0.5, 0.6) is 0 Å². The molecule has 0 bridgehead atoms. The number of quaternary nitrogens is 1. The largest absolute Gasteiger partial charge is 0.472 e. The fourth-order valence-corrected chi connectivity index (χ4v) is 8.20. The second-order valence-corrected chi connectivity index (χ2v) is 19.7. The number of phosphoric acid groups is 1. The van der Waals surface area contributed by atoms with Gasteiger partial charge in [0.15, 0.2) is 0 Å². The highest BCUT2D eigenvalue weighted by atomic mass is 31.2. The van der Waals surface area contributed by atoms with Crippen LogP contribution in [0.4, 0.5) is 0 Å². The second kappa shape index (κ2) is 39.9. The molecule has 9 heteroatoms. The van der Waals surface area contributed by atoms with E-state index in [0.717, 1.165) is 38.5 Å². The summed E-state index contributed by atoms with van der Waals surface area (Å²) in [7, 11) is 1.63. The quantitative estimate of drug-likeness (QED) is 0.0321. The maximum Gasteiger partial charge on any atom is 0.472 e. The highest BCUT2D eigenvalue weighted by Gasteiger charge is 2.28. The first kappa shape index (κ1) is 55.5. The van der Waals surface area contributed by atoms with Crippen molar-refractivity contribution in [3.05, 3.63) is 0 Å². The molecule has 0 saturated carbocycles. The zero-order chi connectivity index (χ0) is 41.4. The molecule has 0 saturated heterocycles. The number of likely N-dealkylation sites (N-methyl/N-ethyl adjacent to an activating group) is 1. The summed E-state index contributed by atoms with van der Waals surface area (Å²) in [6.45, 7) is 4.90. The van der Waals surface area contributed by atoms with Crippen LogP contribution in [-0.4, -0.2) is 73.4 Å². The lowest BCUT2D eigenvalue weighted by molar-refractivity contribution is -0.870. The first-order valence-electron chi connectivity index (χ1n) is 24.4. The molecular formula is C47H98N2O6P+. The Hall–Kier alpha value is -0.500. The third-order valence-electron chi connectivity index (χ3n) is 11.4. The summed E-state index contributed by atoms with van der Waals surface area (Å²) < 4.78 is 23.6. The minimum absolute atomic E-state index is 0.0785. The number of rotatable bonds is 45. The Kier molecular flexibility index (Phi) is 39.6. The number of aliphatic hydroxyl groups is 1. The zero-order valence-electron chi connectivity index (χ0n) is 38.2. The first-order valence-corrected chi connectivity index (χ1v) is 25.9. The number of phosphoric ester groups is 1. The van der Waals surface area contributed by atoms with Gasteiger partial charge in [0.25, 0.3) is 0 Å². The summed E-state index contributed by atoms with van der Waals surface area (Å²) in [6, 6.07) is -0.752. The van der Waals surface area contributed by atoms with E-state index in [1.54, 1.807) is 0 Å². The summed E-state index contributed by atoms with van der Waals surface area (Å²) in [5, 5.41) is 14.0. The van der Waals surface area contributed by atoms with Gasteiger partial charge in [-0.1, -0.05) is 226 Å². The fourth-order valence-electron chi connectivity index (χ4n) is 7.46. The van der Waals surface area contributed by atoms with Gasteiger partial charge < -0.3 is 19.8 Å². The van der Waals surface area contributed by atoms with Gasteiger partial charge in [-0.05, 0) is 12.8 Å². The Morgan fingerprint density at radius 1 is 0.536 bits per heavy atom. The van der Waals surface area contributed by atoms with Gasteiger partial charge in [-0.3, -0.25) is 13.8 Å². The minimum atomic E-state index is -4.31. The number of unbranched alkanes of at least 4 members (excludes halogenated alkanes) is 32. The molecule has 0 aliphatic rings. The summed E-state index contributed by atoms with van der Waals surface area (Å²) >= 11 is 0. The van der Waals surface area contributed by atoms with Crippen LogP contribution in [0.2, 0.25) is 0 Å². The van der Waals surface area contributed by atoms with Crippen molar-refractivity contribution in [2.45, 2.75) is 257 Å². The van der Waals surface area contributed by atoms with E-state index in [1.807, 2.05) is 21.1 Å². The average Bonchev–Trinajstić information content (AvgIpc) is 3.15. The third kappa shape index (κ3) is 41.7. The molecule has 56 heavy (non-hydrogen) atoms. The molecule has 0 radical (unpaired) electrons. The van der Waals surface area contributed by atoms with Gasteiger partial charge >= 0.3 is 7.82 Å². The maximum atomic E-state index is 12.8. The Morgan fingerprint density at radius 2 is 0.857 bits per heavy atom. The Labute approximate surface area is 349 Å². The molecule has 0 aromatic heterocycles. The van der Waals surface area contributed by atoms with Crippen molar-refractivity contribution in [1.82, 2.24) is 5.32 Å². The number of aliphatic hydroxyl groups excluding tert-OH is 1. The van der Waals surface area contributed by atoms with E-state index in [-0.39, 0.29) is 19.1 Å². The van der Waals surface area contributed by atoms with Crippen molar-refractivity contribution >= 4 is 13.7 Å². The van der Waals surface area contributed by atoms with Gasteiger partial charge in [-0.2, -0.15) is 0 Å². The molecule has 3 atom stereocenters. The Bertz CT molecular complexity index is 885. The number of amides is 1. The van der Waals surface area contributed by atoms with E-state index in [4.69, 9.17) is 9.05 Å². The number of carbonyl (C=O) groups is 1. The van der Waals surface area contributed by atoms with Gasteiger partial charge in [-0.15, -0.1) is 0 Å². The van der Waals surface area contributed by atoms with Gasteiger partial charge in [0.2, 0.25) is 5.91 Å². The molecule has 0 spiro atoms. The lowest BCUT2D eigenvalue weighted by atomic mass is 10.0. The van der Waals surface area contributed by atoms with E-state index in [2.05, 4.69) is 19.2 Å². The second-order valence-electron chi connectivity index (χ2n) is 18.2. The number of nitrogens with zero attached hydrogens (tertiary/aromatic N) is 1. The van der Waals surface area contributed by atoms with Crippen LogP contribution in [0.25, 0.3) is 0 Å². The highest BCUT2D eigenvalue weighted by molar-refractivity contribution is 7.47. The van der Waals surface area contributed by atoms with Crippen LogP contribution in [0.3, 0.4) is 0 Å². The fraction of sp³-hybridized carbons (Fsp3) is 0.979. The van der Waals surface area contributed by atoms with Crippen LogP contribution in [-0.2, 0) is 18.4 Å². The molecule has 0 rings (SSSR count). The third-order valence-corrected chi connectivity index (χ3v) is 12.3. The average molecular weight is 818 g/mol. The zero-order valence-corrected chi connectivity index (χ0v) is 39.0. The predicted molar refractivity (Wildman–Crippen MR) is 240 cm³/mol. The molecule has 336 valence electrons. The molecule has 8 nitrogen and oxygen atoms in total. The van der Waals surface area contributed by atoms with Crippen molar-refractivity contribution in [1.29, 1.82) is 0 Å². The van der Waals surface area contributed by atoms with Crippen LogP contribution < -0.4 is 5.32 Å². The molecular weight excluding hydrogens is 719 g/mol. The molecule has 3 unspecified atom stereocenters. The summed E-state index contributed by atoms with van der Waals surface area (Å²) in [6.07, 6.45) is 44.3. The van der Waals surface area contributed by atoms with Crippen LogP contribution >= 0.6 is 7.82 Å².